The number of rotatable bonds is 5. The highest BCUT2D eigenvalue weighted by molar-refractivity contribution is 4.71. The molecule has 1 fully saturated rings. The summed E-state index contributed by atoms with van der Waals surface area (Å²) in [6, 6.07) is 0.339. The molecule has 0 aliphatic carbocycles. The fourth-order valence-electron chi connectivity index (χ4n) is 2.11. The predicted molar refractivity (Wildman–Crippen MR) is 55.6 cm³/mol. The Morgan fingerprint density at radius 2 is 2.31 bits per heavy atom. The molecule has 0 aromatic carbocycles. The van der Waals surface area contributed by atoms with Crippen LogP contribution in [0.15, 0.2) is 0 Å². The lowest BCUT2D eigenvalue weighted by molar-refractivity contribution is 0.0967. The highest BCUT2D eigenvalue weighted by Gasteiger charge is 2.18. The molecule has 2 nitrogen and oxygen atoms in total. The fourth-order valence-corrected chi connectivity index (χ4v) is 2.11. The lowest BCUT2D eigenvalue weighted by Crippen LogP contribution is -2.26. The molecule has 2 heteroatoms. The van der Waals surface area contributed by atoms with Crippen molar-refractivity contribution < 1.29 is 4.74 Å². The second kappa shape index (κ2) is 5.61. The van der Waals surface area contributed by atoms with Crippen molar-refractivity contribution in [1.82, 2.24) is 0 Å². The van der Waals surface area contributed by atoms with Crippen molar-refractivity contribution in [3.05, 3.63) is 0 Å². The molecule has 0 saturated carbocycles. The van der Waals surface area contributed by atoms with E-state index in [-0.39, 0.29) is 0 Å². The largest absolute Gasteiger partial charge is 0.378 e. The maximum absolute atomic E-state index is 5.89. The van der Waals surface area contributed by atoms with Gasteiger partial charge in [-0.05, 0) is 38.5 Å². The van der Waals surface area contributed by atoms with Gasteiger partial charge in [-0.25, -0.2) is 0 Å². The quantitative estimate of drug-likeness (QED) is 0.713. The van der Waals surface area contributed by atoms with Crippen molar-refractivity contribution in [2.24, 2.45) is 11.7 Å². The van der Waals surface area contributed by atoms with E-state index in [0.29, 0.717) is 18.1 Å². The molecule has 0 spiro atoms. The third kappa shape index (κ3) is 3.65. The van der Waals surface area contributed by atoms with Gasteiger partial charge in [-0.15, -0.1) is 0 Å². The highest BCUT2D eigenvalue weighted by atomic mass is 16.5. The molecule has 1 saturated heterocycles. The summed E-state index contributed by atoms with van der Waals surface area (Å²) in [4.78, 5) is 0. The van der Waals surface area contributed by atoms with Crippen LogP contribution in [0.25, 0.3) is 0 Å². The lowest BCUT2D eigenvalue weighted by Gasteiger charge is -2.20. The minimum atomic E-state index is 0.339. The Kier molecular flexibility index (Phi) is 4.74. The molecule has 1 rings (SSSR count). The summed E-state index contributed by atoms with van der Waals surface area (Å²) in [6.07, 6.45) is 6.69. The monoisotopic (exact) mass is 185 g/mol. The first-order chi connectivity index (χ1) is 6.24. The second-order valence-corrected chi connectivity index (χ2v) is 4.24. The first-order valence-electron chi connectivity index (χ1n) is 5.61. The normalized spacial score (nSPS) is 27.5. The van der Waals surface area contributed by atoms with E-state index in [9.17, 15) is 0 Å². The summed E-state index contributed by atoms with van der Waals surface area (Å²) < 4.78 is 5.59. The highest BCUT2D eigenvalue weighted by Crippen LogP contribution is 2.22. The van der Waals surface area contributed by atoms with Crippen molar-refractivity contribution in [2.75, 3.05) is 6.61 Å². The first kappa shape index (κ1) is 11.0. The van der Waals surface area contributed by atoms with Crippen LogP contribution >= 0.6 is 0 Å². The Balaban J connectivity index is 2.15. The fraction of sp³-hybridized carbons (Fsp3) is 1.00. The standard InChI is InChI=1S/C11H23NO/c1-3-10(9(2)12)6-7-11-5-4-8-13-11/h9-11H,3-8,12H2,1-2H3. The summed E-state index contributed by atoms with van der Waals surface area (Å²) in [5.74, 6) is 0.684. The molecule has 0 amide bonds. The molecule has 78 valence electrons. The van der Waals surface area contributed by atoms with Gasteiger partial charge in [0.15, 0.2) is 0 Å². The number of nitrogens with two attached hydrogens (primary N) is 1. The number of hydrogen-bond acceptors (Lipinski definition) is 2. The molecule has 0 bridgehead atoms. The molecular formula is C11H23NO. The van der Waals surface area contributed by atoms with Gasteiger partial charge in [0.05, 0.1) is 6.10 Å². The van der Waals surface area contributed by atoms with Crippen LogP contribution in [0, 0.1) is 5.92 Å². The summed E-state index contributed by atoms with van der Waals surface area (Å²) in [5.41, 5.74) is 5.89. The molecular weight excluding hydrogens is 162 g/mol. The van der Waals surface area contributed by atoms with Gasteiger partial charge in [-0.3, -0.25) is 0 Å². The Hall–Kier alpha value is -0.0800. The number of ether oxygens (including phenoxy) is 1. The lowest BCUT2D eigenvalue weighted by atomic mass is 9.92. The van der Waals surface area contributed by atoms with E-state index in [1.807, 2.05) is 0 Å². The second-order valence-electron chi connectivity index (χ2n) is 4.24. The van der Waals surface area contributed by atoms with Gasteiger partial charge in [0, 0.05) is 12.6 Å². The van der Waals surface area contributed by atoms with Crippen LogP contribution in [0.1, 0.15) is 46.0 Å². The average molecular weight is 185 g/mol. The zero-order chi connectivity index (χ0) is 9.68. The van der Waals surface area contributed by atoms with Crippen LogP contribution in [-0.2, 0) is 4.74 Å². The van der Waals surface area contributed by atoms with Crippen LogP contribution in [-0.4, -0.2) is 18.8 Å². The van der Waals surface area contributed by atoms with E-state index < -0.39 is 0 Å². The zero-order valence-electron chi connectivity index (χ0n) is 8.96. The van der Waals surface area contributed by atoms with E-state index in [1.54, 1.807) is 0 Å². The molecule has 2 N–H and O–H groups in total. The maximum atomic E-state index is 5.89. The van der Waals surface area contributed by atoms with E-state index in [0.717, 1.165) is 6.61 Å². The van der Waals surface area contributed by atoms with Gasteiger partial charge in [0.25, 0.3) is 0 Å². The number of hydrogen-bond donors (Lipinski definition) is 1. The van der Waals surface area contributed by atoms with Crippen LogP contribution in [0.4, 0.5) is 0 Å². The Morgan fingerprint density at radius 1 is 1.54 bits per heavy atom. The van der Waals surface area contributed by atoms with Crippen molar-refractivity contribution >= 4 is 0 Å². The van der Waals surface area contributed by atoms with E-state index >= 15 is 0 Å². The SMILES string of the molecule is CCC(CCC1CCCO1)C(C)N. The van der Waals surface area contributed by atoms with Gasteiger partial charge in [-0.2, -0.15) is 0 Å². The van der Waals surface area contributed by atoms with E-state index in [2.05, 4.69) is 13.8 Å². The third-order valence-electron chi connectivity index (χ3n) is 3.15. The van der Waals surface area contributed by atoms with Crippen molar-refractivity contribution in [1.29, 1.82) is 0 Å². The topological polar surface area (TPSA) is 35.2 Å². The Bertz CT molecular complexity index is 130. The molecule has 0 aromatic heterocycles. The summed E-state index contributed by atoms with van der Waals surface area (Å²) in [5, 5.41) is 0. The molecule has 1 heterocycles. The van der Waals surface area contributed by atoms with Gasteiger partial charge in [0.2, 0.25) is 0 Å². The third-order valence-corrected chi connectivity index (χ3v) is 3.15. The van der Waals surface area contributed by atoms with Gasteiger partial charge in [0.1, 0.15) is 0 Å². The average Bonchev–Trinajstić information content (AvgIpc) is 2.57. The van der Waals surface area contributed by atoms with Gasteiger partial charge in [-0.1, -0.05) is 13.3 Å². The van der Waals surface area contributed by atoms with Crippen molar-refractivity contribution in [3.63, 3.8) is 0 Å². The van der Waals surface area contributed by atoms with Crippen molar-refractivity contribution in [3.8, 4) is 0 Å². The Morgan fingerprint density at radius 3 is 2.77 bits per heavy atom. The predicted octanol–water partition coefficient (Wildman–Crippen LogP) is 2.32. The minimum Gasteiger partial charge on any atom is -0.378 e. The van der Waals surface area contributed by atoms with Crippen LogP contribution in [0.2, 0.25) is 0 Å². The smallest absolute Gasteiger partial charge is 0.0576 e. The molecule has 3 unspecified atom stereocenters. The van der Waals surface area contributed by atoms with E-state index in [1.165, 1.54) is 32.1 Å². The molecule has 13 heavy (non-hydrogen) atoms. The van der Waals surface area contributed by atoms with Gasteiger partial charge >= 0.3 is 0 Å². The van der Waals surface area contributed by atoms with Crippen molar-refractivity contribution in [2.45, 2.75) is 58.1 Å². The summed E-state index contributed by atoms with van der Waals surface area (Å²) >= 11 is 0. The molecule has 3 atom stereocenters. The zero-order valence-corrected chi connectivity index (χ0v) is 8.96. The van der Waals surface area contributed by atoms with Crippen LogP contribution < -0.4 is 5.73 Å². The van der Waals surface area contributed by atoms with Crippen LogP contribution in [0.3, 0.4) is 0 Å². The Labute approximate surface area is 81.8 Å². The van der Waals surface area contributed by atoms with Gasteiger partial charge < -0.3 is 10.5 Å². The molecule has 1 aliphatic rings. The minimum absolute atomic E-state index is 0.339. The molecule has 0 aromatic rings. The van der Waals surface area contributed by atoms with E-state index in [4.69, 9.17) is 10.5 Å². The maximum Gasteiger partial charge on any atom is 0.0576 e. The van der Waals surface area contributed by atoms with Crippen LogP contribution in [0.5, 0.6) is 0 Å². The summed E-state index contributed by atoms with van der Waals surface area (Å²) in [7, 11) is 0. The molecule has 0 radical (unpaired) electrons. The molecule has 1 aliphatic heterocycles. The first-order valence-corrected chi connectivity index (χ1v) is 5.61. The summed E-state index contributed by atoms with van der Waals surface area (Å²) in [6.45, 7) is 5.31.